The van der Waals surface area contributed by atoms with E-state index in [1.165, 1.54) is 51.4 Å². The Morgan fingerprint density at radius 1 is 1.07 bits per heavy atom. The third kappa shape index (κ3) is 6.76. The van der Waals surface area contributed by atoms with E-state index in [4.69, 9.17) is 9.73 Å². The number of carbonyl (C=O) groups excluding carboxylic acids is 1. The summed E-state index contributed by atoms with van der Waals surface area (Å²) in [6.07, 6.45) is 10.0. The lowest BCUT2D eigenvalue weighted by Gasteiger charge is -2.31. The van der Waals surface area contributed by atoms with Crippen LogP contribution in [0.25, 0.3) is 0 Å². The summed E-state index contributed by atoms with van der Waals surface area (Å²) in [7, 11) is 3.59. The van der Waals surface area contributed by atoms with Crippen LogP contribution >= 0.6 is 24.0 Å². The van der Waals surface area contributed by atoms with E-state index in [0.29, 0.717) is 6.04 Å². The molecule has 0 spiro atoms. The van der Waals surface area contributed by atoms with Crippen molar-refractivity contribution in [1.82, 2.24) is 15.1 Å². The standard InChI is InChI=1S/C20H36N4O2.HI/c1-23(2)19(25)14-21-20(22-18-6-4-3-5-7-18)24-11-8-17(15-24)16-9-12-26-13-10-16;/h16-18H,3-15H2,1-2H3,(H,21,22);1H. The number of hydrogen-bond acceptors (Lipinski definition) is 3. The smallest absolute Gasteiger partial charge is 0.243 e. The third-order valence-corrected chi connectivity index (χ3v) is 6.26. The molecule has 1 atom stereocenters. The van der Waals surface area contributed by atoms with Gasteiger partial charge in [0.1, 0.15) is 6.54 Å². The van der Waals surface area contributed by atoms with Crippen LogP contribution in [0.3, 0.4) is 0 Å². The number of likely N-dealkylation sites (N-methyl/N-ethyl adjacent to an activating group) is 1. The van der Waals surface area contributed by atoms with Crippen LogP contribution in [0.4, 0.5) is 0 Å². The number of nitrogens with zero attached hydrogens (tertiary/aromatic N) is 3. The highest BCUT2D eigenvalue weighted by molar-refractivity contribution is 14.0. The van der Waals surface area contributed by atoms with Crippen molar-refractivity contribution in [3.05, 3.63) is 0 Å². The van der Waals surface area contributed by atoms with Crippen LogP contribution in [0, 0.1) is 11.8 Å². The molecule has 1 N–H and O–H groups in total. The second kappa shape index (κ2) is 11.4. The highest BCUT2D eigenvalue weighted by Crippen LogP contribution is 2.31. The molecule has 0 aromatic heterocycles. The molecule has 1 aliphatic carbocycles. The van der Waals surface area contributed by atoms with E-state index in [2.05, 4.69) is 10.2 Å². The van der Waals surface area contributed by atoms with Gasteiger partial charge in [0.2, 0.25) is 5.91 Å². The van der Waals surface area contributed by atoms with Crippen molar-refractivity contribution in [2.75, 3.05) is 46.9 Å². The van der Waals surface area contributed by atoms with Crippen LogP contribution < -0.4 is 5.32 Å². The first-order valence-electron chi connectivity index (χ1n) is 10.5. The largest absolute Gasteiger partial charge is 0.381 e. The van der Waals surface area contributed by atoms with Gasteiger partial charge in [-0.25, -0.2) is 4.99 Å². The molecule has 2 saturated heterocycles. The lowest BCUT2D eigenvalue weighted by Crippen LogP contribution is -2.46. The summed E-state index contributed by atoms with van der Waals surface area (Å²) in [6.45, 7) is 4.19. The summed E-state index contributed by atoms with van der Waals surface area (Å²) in [5, 5.41) is 3.70. The molecule has 0 bridgehead atoms. The molecule has 3 fully saturated rings. The minimum Gasteiger partial charge on any atom is -0.381 e. The number of likely N-dealkylation sites (tertiary alicyclic amines) is 1. The minimum absolute atomic E-state index is 0. The van der Waals surface area contributed by atoms with E-state index in [-0.39, 0.29) is 36.4 Å². The molecule has 6 nitrogen and oxygen atoms in total. The van der Waals surface area contributed by atoms with Gasteiger partial charge in [0.15, 0.2) is 5.96 Å². The molecule has 0 aromatic carbocycles. The van der Waals surface area contributed by atoms with Crippen molar-refractivity contribution >= 4 is 35.8 Å². The number of halogens is 1. The molecule has 156 valence electrons. The van der Waals surface area contributed by atoms with Crippen LogP contribution in [0.5, 0.6) is 0 Å². The zero-order valence-electron chi connectivity index (χ0n) is 17.0. The molecule has 3 rings (SSSR count). The van der Waals surface area contributed by atoms with Gasteiger partial charge in [-0.05, 0) is 43.9 Å². The van der Waals surface area contributed by atoms with Gasteiger partial charge >= 0.3 is 0 Å². The van der Waals surface area contributed by atoms with E-state index in [1.54, 1.807) is 19.0 Å². The molecule has 2 aliphatic heterocycles. The molecule has 0 aromatic rings. The quantitative estimate of drug-likeness (QED) is 0.373. The first-order chi connectivity index (χ1) is 12.6. The summed E-state index contributed by atoms with van der Waals surface area (Å²) >= 11 is 0. The maximum atomic E-state index is 12.0. The lowest BCUT2D eigenvalue weighted by molar-refractivity contribution is -0.127. The summed E-state index contributed by atoms with van der Waals surface area (Å²) in [4.78, 5) is 20.8. The van der Waals surface area contributed by atoms with E-state index in [0.717, 1.165) is 44.1 Å². The Balaban J connectivity index is 0.00000261. The Kier molecular flexibility index (Phi) is 9.62. The van der Waals surface area contributed by atoms with Crippen molar-refractivity contribution in [2.24, 2.45) is 16.8 Å². The van der Waals surface area contributed by atoms with E-state index in [9.17, 15) is 4.79 Å². The van der Waals surface area contributed by atoms with Gasteiger partial charge in [0.25, 0.3) is 0 Å². The Labute approximate surface area is 181 Å². The monoisotopic (exact) mass is 492 g/mol. The number of ether oxygens (including phenoxy) is 1. The van der Waals surface area contributed by atoms with E-state index < -0.39 is 0 Å². The molecule has 1 unspecified atom stereocenters. The molecule has 7 heteroatoms. The van der Waals surface area contributed by atoms with Crippen LogP contribution in [-0.2, 0) is 9.53 Å². The van der Waals surface area contributed by atoms with Gasteiger partial charge in [0, 0.05) is 46.4 Å². The fourth-order valence-electron chi connectivity index (χ4n) is 4.50. The Morgan fingerprint density at radius 2 is 1.78 bits per heavy atom. The Bertz CT molecular complexity index is 488. The second-order valence-corrected chi connectivity index (χ2v) is 8.35. The molecule has 3 aliphatic rings. The van der Waals surface area contributed by atoms with E-state index >= 15 is 0 Å². The van der Waals surface area contributed by atoms with Crippen molar-refractivity contribution in [3.8, 4) is 0 Å². The zero-order valence-corrected chi connectivity index (χ0v) is 19.3. The number of rotatable bonds is 4. The van der Waals surface area contributed by atoms with Crippen molar-refractivity contribution in [2.45, 2.75) is 57.4 Å². The van der Waals surface area contributed by atoms with Gasteiger partial charge in [-0.3, -0.25) is 4.79 Å². The first-order valence-corrected chi connectivity index (χ1v) is 10.5. The molecular weight excluding hydrogens is 455 g/mol. The molecular formula is C20H37IN4O2. The molecule has 1 amide bonds. The van der Waals surface area contributed by atoms with Crippen molar-refractivity contribution in [1.29, 1.82) is 0 Å². The van der Waals surface area contributed by atoms with Crippen LogP contribution in [0.15, 0.2) is 4.99 Å². The van der Waals surface area contributed by atoms with Crippen LogP contribution in [0.2, 0.25) is 0 Å². The predicted molar refractivity (Wildman–Crippen MR) is 120 cm³/mol. The highest BCUT2D eigenvalue weighted by Gasteiger charge is 2.32. The fourth-order valence-corrected chi connectivity index (χ4v) is 4.50. The minimum atomic E-state index is 0. The van der Waals surface area contributed by atoms with Gasteiger partial charge in [0.05, 0.1) is 0 Å². The maximum Gasteiger partial charge on any atom is 0.243 e. The summed E-state index contributed by atoms with van der Waals surface area (Å²) in [5.74, 6) is 2.55. The molecule has 1 saturated carbocycles. The number of guanidine groups is 1. The highest BCUT2D eigenvalue weighted by atomic mass is 127. The van der Waals surface area contributed by atoms with E-state index in [1.807, 2.05) is 0 Å². The summed E-state index contributed by atoms with van der Waals surface area (Å²) in [5.41, 5.74) is 0. The van der Waals surface area contributed by atoms with Crippen LogP contribution in [-0.4, -0.2) is 74.7 Å². The molecule has 27 heavy (non-hydrogen) atoms. The fraction of sp³-hybridized carbons (Fsp3) is 0.900. The lowest BCUT2D eigenvalue weighted by atomic mass is 9.85. The summed E-state index contributed by atoms with van der Waals surface area (Å²) in [6, 6.07) is 0.513. The Hall–Kier alpha value is -0.570. The Morgan fingerprint density at radius 3 is 2.44 bits per heavy atom. The van der Waals surface area contributed by atoms with Crippen LogP contribution in [0.1, 0.15) is 51.4 Å². The normalized spacial score (nSPS) is 25.2. The number of nitrogens with one attached hydrogen (secondary N) is 1. The SMILES string of the molecule is CN(C)C(=O)CN=C(NC1CCCCC1)N1CCC(C2CCOCC2)C1.I. The average molecular weight is 492 g/mol. The van der Waals surface area contributed by atoms with Gasteiger partial charge < -0.3 is 19.9 Å². The topological polar surface area (TPSA) is 57.2 Å². The third-order valence-electron chi connectivity index (χ3n) is 6.26. The van der Waals surface area contributed by atoms with Gasteiger partial charge in [-0.1, -0.05) is 19.3 Å². The zero-order chi connectivity index (χ0) is 18.4. The van der Waals surface area contributed by atoms with Crippen molar-refractivity contribution in [3.63, 3.8) is 0 Å². The number of aliphatic imine (C=N–C) groups is 1. The number of amides is 1. The molecule has 2 heterocycles. The predicted octanol–water partition coefficient (Wildman–Crippen LogP) is 2.72. The number of carbonyl (C=O) groups is 1. The maximum absolute atomic E-state index is 12.0. The van der Waals surface area contributed by atoms with Gasteiger partial charge in [-0.15, -0.1) is 24.0 Å². The first kappa shape index (κ1) is 22.7. The second-order valence-electron chi connectivity index (χ2n) is 8.35. The molecule has 0 radical (unpaired) electrons. The average Bonchev–Trinajstić information content (AvgIpc) is 3.16. The number of hydrogen-bond donors (Lipinski definition) is 1. The van der Waals surface area contributed by atoms with Crippen molar-refractivity contribution < 1.29 is 9.53 Å². The van der Waals surface area contributed by atoms with Gasteiger partial charge in [-0.2, -0.15) is 0 Å². The summed E-state index contributed by atoms with van der Waals surface area (Å²) < 4.78 is 5.53.